The zero-order valence-corrected chi connectivity index (χ0v) is 9.71. The third-order valence-electron chi connectivity index (χ3n) is 2.13. The van der Waals surface area contributed by atoms with Gasteiger partial charge in [-0.3, -0.25) is 0 Å². The predicted molar refractivity (Wildman–Crippen MR) is 69.6 cm³/mol. The van der Waals surface area contributed by atoms with Gasteiger partial charge in [0.1, 0.15) is 4.33 Å². The highest BCUT2D eigenvalue weighted by Gasteiger charge is 2.17. The summed E-state index contributed by atoms with van der Waals surface area (Å²) in [5.74, 6) is 0. The van der Waals surface area contributed by atoms with Crippen molar-refractivity contribution in [2.24, 2.45) is 0 Å². The van der Waals surface area contributed by atoms with Gasteiger partial charge < -0.3 is 0 Å². The molecule has 17 heavy (non-hydrogen) atoms. The van der Waals surface area contributed by atoms with Crippen molar-refractivity contribution >= 4 is 23.5 Å². The lowest BCUT2D eigenvalue weighted by Gasteiger charge is -2.16. The van der Waals surface area contributed by atoms with E-state index in [1.54, 1.807) is 4.31 Å². The molecule has 0 atom stereocenters. The number of para-hydroxylation sites is 2. The lowest BCUT2D eigenvalue weighted by Crippen LogP contribution is -2.09. The first-order valence-corrected chi connectivity index (χ1v) is 5.73. The molecule has 0 saturated heterocycles. The van der Waals surface area contributed by atoms with E-state index in [0.29, 0.717) is 12.1 Å². The summed E-state index contributed by atoms with van der Waals surface area (Å²) in [5, 5.41) is 10.7. The standard InChI is InChI=1S/C12H10N2O2S/c15-14(16)17-13(11-7-3-1-4-8-11)12-9-5-2-6-10-12/h1-10H. The largest absolute Gasteiger partial charge is 0.360 e. The maximum absolute atomic E-state index is 10.7. The quantitative estimate of drug-likeness (QED) is 0.469. The van der Waals surface area contributed by atoms with Gasteiger partial charge in [-0.1, -0.05) is 36.4 Å². The highest BCUT2D eigenvalue weighted by atomic mass is 32.2. The summed E-state index contributed by atoms with van der Waals surface area (Å²) in [6.45, 7) is 0. The molecule has 0 heterocycles. The molecule has 0 aromatic heterocycles. The molecule has 0 fully saturated rings. The molecule has 86 valence electrons. The molecular weight excluding hydrogens is 236 g/mol. The summed E-state index contributed by atoms with van der Waals surface area (Å²) in [6.07, 6.45) is 0. The summed E-state index contributed by atoms with van der Waals surface area (Å²) in [4.78, 5) is 10.7. The number of benzene rings is 2. The van der Waals surface area contributed by atoms with Crippen molar-refractivity contribution in [2.45, 2.75) is 0 Å². The number of hydrogen-bond donors (Lipinski definition) is 0. The second kappa shape index (κ2) is 5.36. The average molecular weight is 246 g/mol. The van der Waals surface area contributed by atoms with Gasteiger partial charge in [-0.15, -0.1) is 0 Å². The molecule has 0 saturated carbocycles. The monoisotopic (exact) mass is 246 g/mol. The van der Waals surface area contributed by atoms with Gasteiger partial charge in [0.05, 0.1) is 11.4 Å². The van der Waals surface area contributed by atoms with Gasteiger partial charge in [0.2, 0.25) is 0 Å². The Balaban J connectivity index is 2.36. The number of rotatable bonds is 4. The van der Waals surface area contributed by atoms with E-state index in [2.05, 4.69) is 0 Å². The van der Waals surface area contributed by atoms with Crippen molar-refractivity contribution < 1.29 is 4.33 Å². The molecule has 0 aliphatic rings. The van der Waals surface area contributed by atoms with Crippen LogP contribution in [0.2, 0.25) is 0 Å². The molecule has 0 bridgehead atoms. The molecule has 0 unspecified atom stereocenters. The predicted octanol–water partition coefficient (Wildman–Crippen LogP) is 3.66. The number of nitro groups is 1. The first-order chi connectivity index (χ1) is 8.27. The Kier molecular flexibility index (Phi) is 3.62. The fourth-order valence-corrected chi connectivity index (χ4v) is 2.00. The lowest BCUT2D eigenvalue weighted by molar-refractivity contribution is -0.284. The summed E-state index contributed by atoms with van der Waals surface area (Å²) in [6, 6.07) is 18.5. The third kappa shape index (κ3) is 2.98. The van der Waals surface area contributed by atoms with E-state index in [4.69, 9.17) is 0 Å². The van der Waals surface area contributed by atoms with Crippen LogP contribution in [0.5, 0.6) is 0 Å². The van der Waals surface area contributed by atoms with Gasteiger partial charge in [0, 0.05) is 0 Å². The Morgan fingerprint density at radius 3 is 1.65 bits per heavy atom. The SMILES string of the molecule is O=[N+]([O-])SN(c1ccccc1)c1ccccc1. The van der Waals surface area contributed by atoms with Crippen molar-refractivity contribution in [3.05, 3.63) is 70.8 Å². The number of nitrogens with zero attached hydrogens (tertiary/aromatic N) is 2. The van der Waals surface area contributed by atoms with Crippen LogP contribution in [-0.4, -0.2) is 4.33 Å². The molecule has 2 aromatic carbocycles. The minimum Gasteiger partial charge on any atom is -0.249 e. The molecule has 2 rings (SSSR count). The van der Waals surface area contributed by atoms with Crippen LogP contribution in [-0.2, 0) is 0 Å². The molecule has 4 nitrogen and oxygen atoms in total. The molecule has 0 radical (unpaired) electrons. The molecular formula is C12H10N2O2S. The summed E-state index contributed by atoms with van der Waals surface area (Å²) in [5.41, 5.74) is 1.56. The van der Waals surface area contributed by atoms with Crippen molar-refractivity contribution in [1.82, 2.24) is 0 Å². The minimum atomic E-state index is -0.417. The molecule has 0 N–H and O–H groups in total. The topological polar surface area (TPSA) is 46.4 Å². The normalized spacial score (nSPS) is 9.88. The van der Waals surface area contributed by atoms with Gasteiger partial charge in [-0.25, -0.2) is 14.4 Å². The Bertz CT molecular complexity index is 451. The van der Waals surface area contributed by atoms with Gasteiger partial charge in [0.15, 0.2) is 0 Å². The van der Waals surface area contributed by atoms with Crippen molar-refractivity contribution in [2.75, 3.05) is 4.31 Å². The smallest absolute Gasteiger partial charge is 0.249 e. The van der Waals surface area contributed by atoms with E-state index in [1.165, 1.54) is 0 Å². The van der Waals surface area contributed by atoms with Crippen LogP contribution in [0, 0.1) is 10.1 Å². The molecule has 2 aromatic rings. The second-order valence-electron chi connectivity index (χ2n) is 3.27. The van der Waals surface area contributed by atoms with Crippen molar-refractivity contribution in [1.29, 1.82) is 0 Å². The summed E-state index contributed by atoms with van der Waals surface area (Å²) in [7, 11) is 0. The Hall–Kier alpha value is -2.01. The number of anilines is 2. The average Bonchev–Trinajstić information content (AvgIpc) is 2.38. The molecule has 0 aliphatic heterocycles. The van der Waals surface area contributed by atoms with E-state index in [1.807, 2.05) is 60.7 Å². The van der Waals surface area contributed by atoms with E-state index >= 15 is 0 Å². The lowest BCUT2D eigenvalue weighted by atomic mass is 10.3. The Labute approximate surface area is 103 Å². The van der Waals surface area contributed by atoms with Crippen LogP contribution in [0.3, 0.4) is 0 Å². The van der Waals surface area contributed by atoms with Crippen LogP contribution >= 0.6 is 12.1 Å². The van der Waals surface area contributed by atoms with Gasteiger partial charge >= 0.3 is 12.1 Å². The van der Waals surface area contributed by atoms with Crippen molar-refractivity contribution in [3.8, 4) is 0 Å². The zero-order valence-electron chi connectivity index (χ0n) is 8.89. The fraction of sp³-hybridized carbons (Fsp3) is 0. The number of hydrogen-bond acceptors (Lipinski definition) is 4. The van der Waals surface area contributed by atoms with E-state index in [9.17, 15) is 10.1 Å². The van der Waals surface area contributed by atoms with Crippen LogP contribution in [0.25, 0.3) is 0 Å². The maximum atomic E-state index is 10.7. The summed E-state index contributed by atoms with van der Waals surface area (Å²) >= 11 is 0.561. The molecule has 5 heteroatoms. The van der Waals surface area contributed by atoms with Gasteiger partial charge in [-0.05, 0) is 24.3 Å². The fourth-order valence-electron chi connectivity index (χ4n) is 1.44. The highest BCUT2D eigenvalue weighted by Crippen LogP contribution is 2.31. The highest BCUT2D eigenvalue weighted by molar-refractivity contribution is 7.95. The minimum absolute atomic E-state index is 0.417. The van der Waals surface area contributed by atoms with Crippen LogP contribution < -0.4 is 4.31 Å². The molecule has 0 amide bonds. The van der Waals surface area contributed by atoms with E-state index in [-0.39, 0.29) is 0 Å². The maximum Gasteiger partial charge on any atom is 0.360 e. The second-order valence-corrected chi connectivity index (χ2v) is 4.10. The third-order valence-corrected chi connectivity index (χ3v) is 2.85. The van der Waals surface area contributed by atoms with E-state index in [0.717, 1.165) is 11.4 Å². The Morgan fingerprint density at radius 2 is 1.29 bits per heavy atom. The first kappa shape index (κ1) is 11.5. The zero-order chi connectivity index (χ0) is 12.1. The Morgan fingerprint density at radius 1 is 0.882 bits per heavy atom. The van der Waals surface area contributed by atoms with Crippen molar-refractivity contribution in [3.63, 3.8) is 0 Å². The first-order valence-electron chi connectivity index (χ1n) is 5.00. The van der Waals surface area contributed by atoms with E-state index < -0.39 is 4.33 Å². The molecule has 0 spiro atoms. The molecule has 0 aliphatic carbocycles. The van der Waals surface area contributed by atoms with Gasteiger partial charge in [0.25, 0.3) is 0 Å². The van der Waals surface area contributed by atoms with Crippen LogP contribution in [0.15, 0.2) is 60.7 Å². The van der Waals surface area contributed by atoms with Crippen LogP contribution in [0.4, 0.5) is 11.4 Å². The van der Waals surface area contributed by atoms with Gasteiger partial charge in [-0.2, -0.15) is 0 Å². The van der Waals surface area contributed by atoms with Crippen LogP contribution in [0.1, 0.15) is 0 Å². The summed E-state index contributed by atoms with van der Waals surface area (Å²) < 4.78 is 1.17.